The lowest BCUT2D eigenvalue weighted by Crippen LogP contribution is -2.51. The monoisotopic (exact) mass is 472 g/mol. The number of benzene rings is 3. The Labute approximate surface area is 209 Å². The highest BCUT2D eigenvalue weighted by molar-refractivity contribution is 5.88. The Morgan fingerprint density at radius 1 is 0.914 bits per heavy atom. The van der Waals surface area contributed by atoms with Crippen molar-refractivity contribution in [2.24, 2.45) is 0 Å². The minimum atomic E-state index is -0.649. The summed E-state index contributed by atoms with van der Waals surface area (Å²) in [6, 6.07) is 24.9. The van der Waals surface area contributed by atoms with Crippen LogP contribution in [0, 0.1) is 13.8 Å². The summed E-state index contributed by atoms with van der Waals surface area (Å²) in [6.07, 6.45) is 2.31. The highest BCUT2D eigenvalue weighted by Crippen LogP contribution is 2.20. The fraction of sp³-hybridized carbons (Fsp3) is 0.333. The Kier molecular flexibility index (Phi) is 9.91. The maximum atomic E-state index is 13.6. The summed E-state index contributed by atoms with van der Waals surface area (Å²) >= 11 is 0. The fourth-order valence-corrected chi connectivity index (χ4v) is 3.93. The average molecular weight is 473 g/mol. The molecule has 0 bridgehead atoms. The SMILES string of the molecule is CCCCNC(=O)[C@@H](Cc1ccccc1)N(Cc1ccccc1)C(=O)COc1cc(C)ccc1C. The average Bonchev–Trinajstić information content (AvgIpc) is 2.87. The molecule has 2 amide bonds. The van der Waals surface area contributed by atoms with Gasteiger partial charge in [0.1, 0.15) is 11.8 Å². The van der Waals surface area contributed by atoms with Crippen LogP contribution in [0.2, 0.25) is 0 Å². The van der Waals surface area contributed by atoms with Crippen molar-refractivity contribution >= 4 is 11.8 Å². The van der Waals surface area contributed by atoms with E-state index in [-0.39, 0.29) is 18.4 Å². The van der Waals surface area contributed by atoms with Crippen LogP contribution in [0.15, 0.2) is 78.9 Å². The van der Waals surface area contributed by atoms with Crippen LogP contribution in [0.4, 0.5) is 0 Å². The van der Waals surface area contributed by atoms with Gasteiger partial charge in [-0.3, -0.25) is 9.59 Å². The quantitative estimate of drug-likeness (QED) is 0.367. The molecular formula is C30H36N2O3. The van der Waals surface area contributed by atoms with Crippen molar-refractivity contribution in [3.8, 4) is 5.75 Å². The minimum Gasteiger partial charge on any atom is -0.483 e. The first kappa shape index (κ1) is 26.0. The molecule has 0 aliphatic carbocycles. The smallest absolute Gasteiger partial charge is 0.261 e. The molecule has 0 aliphatic heterocycles. The zero-order chi connectivity index (χ0) is 25.0. The molecule has 0 saturated carbocycles. The van der Waals surface area contributed by atoms with E-state index >= 15 is 0 Å². The first-order valence-corrected chi connectivity index (χ1v) is 12.3. The third-order valence-electron chi connectivity index (χ3n) is 5.99. The Bertz CT molecular complexity index is 1080. The molecule has 0 saturated heterocycles. The number of nitrogens with zero attached hydrogens (tertiary/aromatic N) is 1. The van der Waals surface area contributed by atoms with Crippen molar-refractivity contribution in [1.29, 1.82) is 0 Å². The molecule has 0 aromatic heterocycles. The molecule has 5 nitrogen and oxygen atoms in total. The summed E-state index contributed by atoms with van der Waals surface area (Å²) in [5.74, 6) is 0.324. The van der Waals surface area contributed by atoms with Crippen LogP contribution in [-0.4, -0.2) is 35.9 Å². The summed E-state index contributed by atoms with van der Waals surface area (Å²) in [6.45, 7) is 6.82. The van der Waals surface area contributed by atoms with Gasteiger partial charge in [0.2, 0.25) is 5.91 Å². The maximum absolute atomic E-state index is 13.6. The van der Waals surface area contributed by atoms with Gasteiger partial charge in [0, 0.05) is 19.5 Å². The highest BCUT2D eigenvalue weighted by Gasteiger charge is 2.30. The van der Waals surface area contributed by atoms with E-state index in [2.05, 4.69) is 12.2 Å². The van der Waals surface area contributed by atoms with Crippen molar-refractivity contribution in [1.82, 2.24) is 10.2 Å². The summed E-state index contributed by atoms with van der Waals surface area (Å²) in [5.41, 5.74) is 4.00. The number of hydrogen-bond donors (Lipinski definition) is 1. The summed E-state index contributed by atoms with van der Waals surface area (Å²) < 4.78 is 5.95. The highest BCUT2D eigenvalue weighted by atomic mass is 16.5. The van der Waals surface area contributed by atoms with Gasteiger partial charge in [0.05, 0.1) is 0 Å². The number of amides is 2. The molecule has 0 spiro atoms. The zero-order valence-corrected chi connectivity index (χ0v) is 21.0. The van der Waals surface area contributed by atoms with Gasteiger partial charge in [-0.15, -0.1) is 0 Å². The second-order valence-corrected chi connectivity index (χ2v) is 8.91. The van der Waals surface area contributed by atoms with Crippen molar-refractivity contribution < 1.29 is 14.3 Å². The predicted molar refractivity (Wildman–Crippen MR) is 140 cm³/mol. The van der Waals surface area contributed by atoms with Gasteiger partial charge in [-0.1, -0.05) is 86.1 Å². The Morgan fingerprint density at radius 2 is 1.57 bits per heavy atom. The lowest BCUT2D eigenvalue weighted by Gasteiger charge is -2.31. The third-order valence-corrected chi connectivity index (χ3v) is 5.99. The van der Waals surface area contributed by atoms with E-state index in [0.29, 0.717) is 25.3 Å². The second kappa shape index (κ2) is 13.3. The van der Waals surface area contributed by atoms with Crippen LogP contribution in [0.1, 0.15) is 42.0 Å². The van der Waals surface area contributed by atoms with Crippen molar-refractivity contribution in [2.45, 2.75) is 52.6 Å². The van der Waals surface area contributed by atoms with E-state index in [4.69, 9.17) is 4.74 Å². The van der Waals surface area contributed by atoms with Crippen LogP contribution >= 0.6 is 0 Å². The number of hydrogen-bond acceptors (Lipinski definition) is 3. The molecule has 1 atom stereocenters. The largest absolute Gasteiger partial charge is 0.483 e. The van der Waals surface area contributed by atoms with Crippen molar-refractivity contribution in [3.63, 3.8) is 0 Å². The van der Waals surface area contributed by atoms with E-state index in [1.807, 2.05) is 92.7 Å². The lowest BCUT2D eigenvalue weighted by atomic mass is 10.0. The van der Waals surface area contributed by atoms with Crippen LogP contribution in [0.5, 0.6) is 5.75 Å². The number of aryl methyl sites for hydroxylation is 2. The molecule has 0 heterocycles. The number of rotatable bonds is 12. The molecule has 5 heteroatoms. The van der Waals surface area contributed by atoms with E-state index in [1.165, 1.54) is 0 Å². The second-order valence-electron chi connectivity index (χ2n) is 8.91. The molecule has 184 valence electrons. The molecular weight excluding hydrogens is 436 g/mol. The van der Waals surface area contributed by atoms with Gasteiger partial charge in [-0.05, 0) is 48.6 Å². The molecule has 0 fully saturated rings. The van der Waals surface area contributed by atoms with Gasteiger partial charge in [-0.25, -0.2) is 0 Å². The van der Waals surface area contributed by atoms with Gasteiger partial charge in [-0.2, -0.15) is 0 Å². The topological polar surface area (TPSA) is 58.6 Å². The molecule has 3 aromatic carbocycles. The Morgan fingerprint density at radius 3 is 2.23 bits per heavy atom. The van der Waals surface area contributed by atoms with Crippen LogP contribution < -0.4 is 10.1 Å². The summed E-state index contributed by atoms with van der Waals surface area (Å²) in [7, 11) is 0. The predicted octanol–water partition coefficient (Wildman–Crippen LogP) is 5.24. The van der Waals surface area contributed by atoms with Gasteiger partial charge in [0.25, 0.3) is 5.91 Å². The van der Waals surface area contributed by atoms with Crippen LogP contribution in [0.25, 0.3) is 0 Å². The van der Waals surface area contributed by atoms with E-state index in [0.717, 1.165) is 35.1 Å². The minimum absolute atomic E-state index is 0.134. The number of carbonyl (C=O) groups is 2. The normalized spacial score (nSPS) is 11.5. The Hall–Kier alpha value is -3.60. The number of carbonyl (C=O) groups excluding carboxylic acids is 2. The van der Waals surface area contributed by atoms with Gasteiger partial charge in [0.15, 0.2) is 6.61 Å². The summed E-state index contributed by atoms with van der Waals surface area (Å²) in [5, 5.41) is 3.04. The molecule has 0 aliphatic rings. The molecule has 35 heavy (non-hydrogen) atoms. The van der Waals surface area contributed by atoms with Crippen molar-refractivity contribution in [3.05, 3.63) is 101 Å². The third kappa shape index (κ3) is 7.99. The molecule has 1 N–H and O–H groups in total. The van der Waals surface area contributed by atoms with Crippen LogP contribution in [0.3, 0.4) is 0 Å². The fourth-order valence-electron chi connectivity index (χ4n) is 3.93. The maximum Gasteiger partial charge on any atom is 0.261 e. The van der Waals surface area contributed by atoms with E-state index in [1.54, 1.807) is 4.90 Å². The lowest BCUT2D eigenvalue weighted by molar-refractivity contribution is -0.142. The van der Waals surface area contributed by atoms with Crippen LogP contribution in [-0.2, 0) is 22.6 Å². The first-order chi connectivity index (χ1) is 17.0. The van der Waals surface area contributed by atoms with Gasteiger partial charge >= 0.3 is 0 Å². The Balaban J connectivity index is 1.88. The number of nitrogens with one attached hydrogen (secondary N) is 1. The number of ether oxygens (including phenoxy) is 1. The molecule has 3 rings (SSSR count). The van der Waals surface area contributed by atoms with E-state index in [9.17, 15) is 9.59 Å². The molecule has 3 aromatic rings. The zero-order valence-electron chi connectivity index (χ0n) is 21.0. The summed E-state index contributed by atoms with van der Waals surface area (Å²) in [4.78, 5) is 28.7. The van der Waals surface area contributed by atoms with Crippen molar-refractivity contribution in [2.75, 3.05) is 13.2 Å². The van der Waals surface area contributed by atoms with Gasteiger partial charge < -0.3 is 15.0 Å². The molecule has 0 radical (unpaired) electrons. The first-order valence-electron chi connectivity index (χ1n) is 12.3. The standard InChI is InChI=1S/C30H36N2O3/c1-4-5-18-31-30(34)27(20-25-12-8-6-9-13-25)32(21-26-14-10-7-11-15-26)29(33)22-35-28-19-23(2)16-17-24(28)3/h6-17,19,27H,4-5,18,20-22H2,1-3H3,(H,31,34)/t27-/m1/s1. The molecule has 0 unspecified atom stereocenters. The van der Waals surface area contributed by atoms with E-state index < -0.39 is 6.04 Å². The number of unbranched alkanes of at least 4 members (excludes halogenated alkanes) is 1.